The number of pyridine rings is 1. The minimum absolute atomic E-state index is 0.0720. The lowest BCUT2D eigenvalue weighted by Crippen LogP contribution is -2.09. The molecule has 5 nitrogen and oxygen atoms in total. The van der Waals surface area contributed by atoms with Crippen LogP contribution in [0.25, 0.3) is 0 Å². The van der Waals surface area contributed by atoms with E-state index in [1.165, 1.54) is 19.2 Å². The molecular formula is C13H10F3N3O2. The minimum atomic E-state index is -1.62. The molecule has 1 aromatic carbocycles. The van der Waals surface area contributed by atoms with Crippen LogP contribution in [-0.4, -0.2) is 18.1 Å². The molecule has 2 aromatic rings. The SMILES string of the molecule is COC(=O)c1ccc(N)c(Nc2ccc(F)c(F)c2F)n1. The highest BCUT2D eigenvalue weighted by Crippen LogP contribution is 2.25. The summed E-state index contributed by atoms with van der Waals surface area (Å²) < 4.78 is 44.0. The van der Waals surface area contributed by atoms with E-state index in [0.29, 0.717) is 0 Å². The standard InChI is InChI=1S/C13H10F3N3O2/c1-21-13(20)9-5-3-7(17)12(19-9)18-8-4-2-6(14)10(15)11(8)16/h2-5H,17H2,1H3,(H,18,19). The highest BCUT2D eigenvalue weighted by atomic mass is 19.2. The topological polar surface area (TPSA) is 77.2 Å². The van der Waals surface area contributed by atoms with E-state index in [1.54, 1.807) is 0 Å². The number of nitrogens with two attached hydrogens (primary N) is 1. The summed E-state index contributed by atoms with van der Waals surface area (Å²) >= 11 is 0. The van der Waals surface area contributed by atoms with Gasteiger partial charge in [0.25, 0.3) is 0 Å². The van der Waals surface area contributed by atoms with E-state index >= 15 is 0 Å². The van der Waals surface area contributed by atoms with Gasteiger partial charge in [0, 0.05) is 0 Å². The number of nitrogens with one attached hydrogen (secondary N) is 1. The van der Waals surface area contributed by atoms with Crippen molar-refractivity contribution in [3.05, 3.63) is 47.4 Å². The molecule has 0 fully saturated rings. The minimum Gasteiger partial charge on any atom is -0.464 e. The molecule has 0 saturated heterocycles. The van der Waals surface area contributed by atoms with E-state index in [-0.39, 0.29) is 22.9 Å². The second kappa shape index (κ2) is 5.70. The first-order valence-corrected chi connectivity index (χ1v) is 5.69. The number of halogens is 3. The lowest BCUT2D eigenvalue weighted by Gasteiger charge is -2.11. The summed E-state index contributed by atoms with van der Waals surface area (Å²) in [6, 6.07) is 4.40. The summed E-state index contributed by atoms with van der Waals surface area (Å²) in [5.41, 5.74) is 5.28. The molecule has 0 aliphatic rings. The van der Waals surface area contributed by atoms with Crippen LogP contribution in [0.5, 0.6) is 0 Å². The number of ether oxygens (including phenoxy) is 1. The molecule has 0 radical (unpaired) electrons. The first kappa shape index (κ1) is 14.6. The van der Waals surface area contributed by atoms with Gasteiger partial charge in [0.1, 0.15) is 0 Å². The summed E-state index contributed by atoms with van der Waals surface area (Å²) in [5.74, 6) is -5.16. The van der Waals surface area contributed by atoms with Crippen molar-refractivity contribution in [1.29, 1.82) is 0 Å². The molecule has 0 bridgehead atoms. The molecule has 21 heavy (non-hydrogen) atoms. The number of anilines is 3. The van der Waals surface area contributed by atoms with Crippen molar-refractivity contribution in [2.75, 3.05) is 18.2 Å². The maximum atomic E-state index is 13.6. The molecule has 0 spiro atoms. The molecule has 0 amide bonds. The highest BCUT2D eigenvalue weighted by molar-refractivity contribution is 5.88. The number of nitrogens with zero attached hydrogens (tertiary/aromatic N) is 1. The van der Waals surface area contributed by atoms with E-state index in [0.717, 1.165) is 12.1 Å². The fourth-order valence-corrected chi connectivity index (χ4v) is 1.54. The van der Waals surface area contributed by atoms with Crippen molar-refractivity contribution in [3.63, 3.8) is 0 Å². The Labute approximate surface area is 117 Å². The normalized spacial score (nSPS) is 10.3. The predicted molar refractivity (Wildman–Crippen MR) is 69.6 cm³/mol. The Morgan fingerprint density at radius 1 is 1.19 bits per heavy atom. The summed E-state index contributed by atoms with van der Waals surface area (Å²) in [4.78, 5) is 15.2. The summed E-state index contributed by atoms with van der Waals surface area (Å²) in [6.45, 7) is 0. The molecule has 2 rings (SSSR count). The second-order valence-electron chi connectivity index (χ2n) is 3.97. The van der Waals surface area contributed by atoms with Gasteiger partial charge in [0.2, 0.25) is 0 Å². The molecule has 0 saturated carbocycles. The summed E-state index contributed by atoms with van der Waals surface area (Å²) in [7, 11) is 1.17. The molecular weight excluding hydrogens is 287 g/mol. The van der Waals surface area contributed by atoms with Gasteiger partial charge in [-0.25, -0.2) is 22.9 Å². The van der Waals surface area contributed by atoms with Gasteiger partial charge in [-0.2, -0.15) is 0 Å². The Kier molecular flexibility index (Phi) is 3.97. The Morgan fingerprint density at radius 3 is 2.57 bits per heavy atom. The Hall–Kier alpha value is -2.77. The van der Waals surface area contributed by atoms with Crippen LogP contribution in [0.2, 0.25) is 0 Å². The van der Waals surface area contributed by atoms with Gasteiger partial charge in [0.15, 0.2) is 29.0 Å². The van der Waals surface area contributed by atoms with Crippen LogP contribution >= 0.6 is 0 Å². The number of aromatic nitrogens is 1. The largest absolute Gasteiger partial charge is 0.464 e. The van der Waals surface area contributed by atoms with Crippen LogP contribution in [0.15, 0.2) is 24.3 Å². The van der Waals surface area contributed by atoms with Crippen LogP contribution in [0.4, 0.5) is 30.4 Å². The Bertz CT molecular complexity index is 707. The third kappa shape index (κ3) is 2.88. The Morgan fingerprint density at radius 2 is 1.90 bits per heavy atom. The third-order valence-electron chi connectivity index (χ3n) is 2.61. The van der Waals surface area contributed by atoms with Crippen molar-refractivity contribution in [2.24, 2.45) is 0 Å². The number of hydrogen-bond acceptors (Lipinski definition) is 5. The van der Waals surface area contributed by atoms with Gasteiger partial charge < -0.3 is 15.8 Å². The zero-order chi connectivity index (χ0) is 15.6. The lowest BCUT2D eigenvalue weighted by molar-refractivity contribution is 0.0594. The first-order valence-electron chi connectivity index (χ1n) is 5.69. The van der Waals surface area contributed by atoms with Gasteiger partial charge in [-0.1, -0.05) is 0 Å². The van der Waals surface area contributed by atoms with Crippen LogP contribution < -0.4 is 11.1 Å². The maximum absolute atomic E-state index is 13.6. The van der Waals surface area contributed by atoms with Gasteiger partial charge >= 0.3 is 5.97 Å². The monoisotopic (exact) mass is 297 g/mol. The van der Waals surface area contributed by atoms with E-state index < -0.39 is 23.4 Å². The van der Waals surface area contributed by atoms with Crippen molar-refractivity contribution in [1.82, 2.24) is 4.98 Å². The lowest BCUT2D eigenvalue weighted by atomic mass is 10.2. The van der Waals surface area contributed by atoms with Crippen LogP contribution in [0.3, 0.4) is 0 Å². The molecule has 0 atom stereocenters. The summed E-state index contributed by atoms with van der Waals surface area (Å²) in [6.07, 6.45) is 0. The second-order valence-corrected chi connectivity index (χ2v) is 3.97. The zero-order valence-electron chi connectivity index (χ0n) is 10.8. The molecule has 1 heterocycles. The fourth-order valence-electron chi connectivity index (χ4n) is 1.54. The van der Waals surface area contributed by atoms with Crippen LogP contribution in [0.1, 0.15) is 10.5 Å². The zero-order valence-corrected chi connectivity index (χ0v) is 10.8. The average molecular weight is 297 g/mol. The van der Waals surface area contributed by atoms with Crippen molar-refractivity contribution >= 4 is 23.2 Å². The van der Waals surface area contributed by atoms with E-state index in [2.05, 4.69) is 15.0 Å². The molecule has 0 aliphatic carbocycles. The molecule has 0 unspecified atom stereocenters. The number of rotatable bonds is 3. The molecule has 110 valence electrons. The Balaban J connectivity index is 2.40. The third-order valence-corrected chi connectivity index (χ3v) is 2.61. The van der Waals surface area contributed by atoms with Gasteiger partial charge in [-0.15, -0.1) is 0 Å². The number of nitrogen functional groups attached to an aromatic ring is 1. The van der Waals surface area contributed by atoms with Crippen LogP contribution in [0, 0.1) is 17.5 Å². The van der Waals surface area contributed by atoms with Crippen LogP contribution in [-0.2, 0) is 4.74 Å². The van der Waals surface area contributed by atoms with E-state index in [1.807, 2.05) is 0 Å². The van der Waals surface area contributed by atoms with Gasteiger partial charge in [-0.05, 0) is 24.3 Å². The van der Waals surface area contributed by atoms with Gasteiger partial charge in [-0.3, -0.25) is 0 Å². The highest BCUT2D eigenvalue weighted by Gasteiger charge is 2.16. The average Bonchev–Trinajstić information content (AvgIpc) is 2.49. The number of benzene rings is 1. The van der Waals surface area contributed by atoms with Crippen molar-refractivity contribution in [2.45, 2.75) is 0 Å². The van der Waals surface area contributed by atoms with Crippen molar-refractivity contribution < 1.29 is 22.7 Å². The number of esters is 1. The maximum Gasteiger partial charge on any atom is 0.356 e. The number of methoxy groups -OCH3 is 1. The van der Waals surface area contributed by atoms with E-state index in [4.69, 9.17) is 5.73 Å². The number of carbonyl (C=O) groups excluding carboxylic acids is 1. The summed E-state index contributed by atoms with van der Waals surface area (Å²) in [5, 5.41) is 2.40. The smallest absolute Gasteiger partial charge is 0.356 e. The van der Waals surface area contributed by atoms with Crippen molar-refractivity contribution in [3.8, 4) is 0 Å². The van der Waals surface area contributed by atoms with E-state index in [9.17, 15) is 18.0 Å². The predicted octanol–water partition coefficient (Wildman–Crippen LogP) is 2.61. The molecule has 0 aliphatic heterocycles. The molecule has 1 aromatic heterocycles. The van der Waals surface area contributed by atoms with Gasteiger partial charge in [0.05, 0.1) is 18.5 Å². The number of carbonyl (C=O) groups is 1. The first-order chi connectivity index (χ1) is 9.93. The quantitative estimate of drug-likeness (QED) is 0.672. The fraction of sp³-hybridized carbons (Fsp3) is 0.0769. The molecule has 3 N–H and O–H groups in total. The number of hydrogen-bond donors (Lipinski definition) is 2. The molecule has 8 heteroatoms.